The first-order valence-corrected chi connectivity index (χ1v) is 26.4. The number of amides is 2. The summed E-state index contributed by atoms with van der Waals surface area (Å²) in [7, 11) is 3.72. The van der Waals surface area contributed by atoms with Crippen molar-refractivity contribution in [3.8, 4) is 33.9 Å². The van der Waals surface area contributed by atoms with Gasteiger partial charge in [0.25, 0.3) is 0 Å². The number of imidazole rings is 2. The van der Waals surface area contributed by atoms with E-state index in [0.717, 1.165) is 70.4 Å². The van der Waals surface area contributed by atoms with E-state index in [4.69, 9.17) is 44.1 Å². The van der Waals surface area contributed by atoms with Crippen molar-refractivity contribution >= 4 is 73.8 Å². The number of carbonyl (C=O) groups is 3. The molecule has 7 aromatic rings. The number of likely N-dealkylation sites (tertiary alicyclic amines) is 2. The first-order valence-electron chi connectivity index (χ1n) is 24.6. The fourth-order valence-corrected chi connectivity index (χ4v) is 9.78. The molecule has 0 unspecified atom stereocenters. The van der Waals surface area contributed by atoms with Crippen molar-refractivity contribution in [2.24, 2.45) is 11.5 Å². The summed E-state index contributed by atoms with van der Waals surface area (Å²) >= 11 is 3.02. The molecule has 0 aliphatic carbocycles. The maximum atomic E-state index is 12.6. The second-order valence-corrected chi connectivity index (χ2v) is 22.0. The van der Waals surface area contributed by atoms with Crippen LogP contribution in [0.2, 0.25) is 0 Å². The van der Waals surface area contributed by atoms with Gasteiger partial charge in [-0.2, -0.15) is 0 Å². The minimum absolute atomic E-state index is 0. The number of benzene rings is 2. The normalized spacial score (nSPS) is 15.4. The van der Waals surface area contributed by atoms with Crippen molar-refractivity contribution in [2.45, 2.75) is 90.5 Å². The van der Waals surface area contributed by atoms with Gasteiger partial charge in [0, 0.05) is 81.4 Å². The summed E-state index contributed by atoms with van der Waals surface area (Å²) in [6.07, 6.45) is 11.9. The monoisotopic (exact) mass is 1100 g/mol. The summed E-state index contributed by atoms with van der Waals surface area (Å²) in [5.41, 5.74) is 16.0. The topological polar surface area (TPSA) is 227 Å². The number of anilines is 1. The molecular weight excluding hydrogens is 1040 g/mol. The van der Waals surface area contributed by atoms with Crippen LogP contribution in [0.25, 0.3) is 53.5 Å². The van der Waals surface area contributed by atoms with Gasteiger partial charge in [-0.3, -0.25) is 30.1 Å². The Morgan fingerprint density at radius 1 is 0.792 bits per heavy atom. The van der Waals surface area contributed by atoms with Gasteiger partial charge in [0.05, 0.1) is 37.1 Å². The van der Waals surface area contributed by atoms with Crippen LogP contribution in [0.1, 0.15) is 77.7 Å². The Morgan fingerprint density at radius 2 is 1.35 bits per heavy atom. The van der Waals surface area contributed by atoms with Crippen LogP contribution in [0.4, 0.5) is 26.9 Å². The molecule has 2 aromatic carbocycles. The van der Waals surface area contributed by atoms with Gasteiger partial charge in [0.2, 0.25) is 11.7 Å². The van der Waals surface area contributed by atoms with E-state index in [-0.39, 0.29) is 48.4 Å². The van der Waals surface area contributed by atoms with E-state index in [0.29, 0.717) is 48.3 Å². The molecule has 2 aliphatic heterocycles. The fraction of sp³-hybridized carbons (Fsp3) is 0.370. The van der Waals surface area contributed by atoms with Gasteiger partial charge in [0.1, 0.15) is 28.3 Å². The number of halogens is 1. The number of nitrogens with two attached hydrogens (primary N) is 2. The number of fused-ring (bicyclic) bond motifs is 2. The molecule has 0 saturated carbocycles. The van der Waals surface area contributed by atoms with Gasteiger partial charge >= 0.3 is 18.1 Å². The lowest BCUT2D eigenvalue weighted by molar-refractivity contribution is -0.508. The van der Waals surface area contributed by atoms with E-state index >= 15 is 0 Å². The molecule has 77 heavy (non-hydrogen) atoms. The van der Waals surface area contributed by atoms with Crippen LogP contribution in [0.15, 0.2) is 96.2 Å². The largest absolute Gasteiger partial charge is 1.00 e. The number of ether oxygens (including phenoxy) is 2. The second-order valence-electron chi connectivity index (χ2n) is 20.2. The van der Waals surface area contributed by atoms with Gasteiger partial charge in [0.15, 0.2) is 21.3 Å². The number of guanidine groups is 1. The highest BCUT2D eigenvalue weighted by Crippen LogP contribution is 2.35. The average Bonchev–Trinajstić information content (AvgIpc) is 4.22. The van der Waals surface area contributed by atoms with Crippen molar-refractivity contribution in [2.75, 3.05) is 45.6 Å². The zero-order chi connectivity index (χ0) is 54.7. The summed E-state index contributed by atoms with van der Waals surface area (Å²) < 4.78 is 14.7. The van der Waals surface area contributed by atoms with Crippen LogP contribution >= 0.6 is 22.7 Å². The minimum Gasteiger partial charge on any atom is -1.00 e. The summed E-state index contributed by atoms with van der Waals surface area (Å²) in [4.78, 5) is 72.5. The zero-order valence-corrected chi connectivity index (χ0v) is 46.7. The third-order valence-electron chi connectivity index (χ3n) is 11.5. The number of hydrogen-bond donors (Lipinski definition) is 4. The highest BCUT2D eigenvalue weighted by atomic mass is 35.5. The SMILES string of the molecule is CC(C)(C)OC(=O)N1CCC[C@@H]([NH+]=C(N)N)C1.[C-]#[N+]c1cccc(-c2nc3sccn3c2-c2ccnc(N[C@@H]3CCCN(C(=O)OC(C)(C)C)C3)n2)c1.[C-]#[N+]c1cccc(-c2nc3sccn3c2C(=O)C=CN(C)C)c1.[Cl-]. The smallest absolute Gasteiger partial charge is 0.410 e. The molecule has 2 fully saturated rings. The lowest BCUT2D eigenvalue weighted by atomic mass is 10.1. The van der Waals surface area contributed by atoms with E-state index < -0.39 is 11.2 Å². The molecule has 2 amide bonds. The number of ketones is 1. The molecule has 7 heterocycles. The van der Waals surface area contributed by atoms with Gasteiger partial charge in [-0.1, -0.05) is 36.4 Å². The molecule has 2 atom stereocenters. The molecular formula is C54H64ClN15O5S2. The fourth-order valence-electron chi connectivity index (χ4n) is 8.35. The van der Waals surface area contributed by atoms with Crippen LogP contribution in [0, 0.1) is 13.1 Å². The Kier molecular flexibility index (Phi) is 19.4. The van der Waals surface area contributed by atoms with Crippen molar-refractivity contribution in [1.82, 2.24) is 43.4 Å². The third kappa shape index (κ3) is 15.8. The molecule has 404 valence electrons. The third-order valence-corrected chi connectivity index (χ3v) is 13.0. The van der Waals surface area contributed by atoms with Gasteiger partial charge in [-0.15, -0.1) is 22.7 Å². The van der Waals surface area contributed by atoms with Gasteiger partial charge in [-0.05, 0) is 96.6 Å². The number of aromatic nitrogens is 6. The Hall–Kier alpha value is -8.05. The van der Waals surface area contributed by atoms with Crippen LogP contribution in [0.3, 0.4) is 0 Å². The quantitative estimate of drug-likeness (QED) is 0.0462. The number of piperidine rings is 2. The summed E-state index contributed by atoms with van der Waals surface area (Å²) in [6, 6.07) is 16.6. The molecule has 0 bridgehead atoms. The molecule has 6 N–H and O–H groups in total. The Bertz CT molecular complexity index is 3330. The molecule has 5 aromatic heterocycles. The predicted molar refractivity (Wildman–Crippen MR) is 297 cm³/mol. The van der Waals surface area contributed by atoms with Crippen LogP contribution in [-0.4, -0.2) is 131 Å². The highest BCUT2D eigenvalue weighted by Gasteiger charge is 2.30. The first-order chi connectivity index (χ1) is 36.2. The Labute approximate surface area is 462 Å². The Balaban J connectivity index is 0.000000202. The maximum Gasteiger partial charge on any atom is 0.410 e. The average molecular weight is 1100 g/mol. The van der Waals surface area contributed by atoms with E-state index in [1.807, 2.05) is 118 Å². The number of allylic oxidation sites excluding steroid dienone is 1. The number of carbonyl (C=O) groups excluding carboxylic acids is 3. The summed E-state index contributed by atoms with van der Waals surface area (Å²) in [5.74, 6) is 0.573. The molecule has 2 aliphatic rings. The van der Waals surface area contributed by atoms with Crippen LogP contribution < -0.4 is 34.2 Å². The molecule has 23 heteroatoms. The van der Waals surface area contributed by atoms with Crippen molar-refractivity contribution in [3.63, 3.8) is 0 Å². The van der Waals surface area contributed by atoms with Crippen LogP contribution in [-0.2, 0) is 9.47 Å². The predicted octanol–water partition coefficient (Wildman–Crippen LogP) is 5.50. The number of hydrogen-bond acceptors (Lipinski definition) is 13. The first kappa shape index (κ1) is 58.2. The summed E-state index contributed by atoms with van der Waals surface area (Å²) in [6.45, 7) is 28.2. The molecule has 0 spiro atoms. The number of nitrogens with zero attached hydrogens (tertiary/aromatic N) is 11. The van der Waals surface area contributed by atoms with E-state index in [2.05, 4.69) is 30.0 Å². The van der Waals surface area contributed by atoms with Crippen molar-refractivity contribution in [3.05, 3.63) is 125 Å². The number of rotatable bonds is 9. The minimum atomic E-state index is -0.529. The zero-order valence-electron chi connectivity index (χ0n) is 44.4. The van der Waals surface area contributed by atoms with E-state index in [1.165, 1.54) is 17.4 Å². The molecule has 2 saturated heterocycles. The second kappa shape index (κ2) is 25.7. The van der Waals surface area contributed by atoms with Crippen LogP contribution in [0.5, 0.6) is 0 Å². The molecule has 9 rings (SSSR count). The lowest BCUT2D eigenvalue weighted by Gasteiger charge is -2.34. The maximum absolute atomic E-state index is 12.6. The Morgan fingerprint density at radius 3 is 1.94 bits per heavy atom. The lowest BCUT2D eigenvalue weighted by Crippen LogP contribution is -3.00. The van der Waals surface area contributed by atoms with Gasteiger partial charge in [-0.25, -0.2) is 39.2 Å². The number of thiazole rings is 2. The van der Waals surface area contributed by atoms with E-state index in [1.54, 1.807) is 62.2 Å². The summed E-state index contributed by atoms with van der Waals surface area (Å²) in [5, 5.41) is 7.29. The van der Waals surface area contributed by atoms with Crippen molar-refractivity contribution in [1.29, 1.82) is 0 Å². The van der Waals surface area contributed by atoms with Gasteiger partial charge < -0.3 is 41.9 Å². The molecule has 0 radical (unpaired) electrons. The van der Waals surface area contributed by atoms with E-state index in [9.17, 15) is 14.4 Å². The standard InChI is InChI=1S/C26H27N7O2S.C17H14N4OS.C11H22N4O2.ClH/c1-26(2,3)35-25(34)32-12-6-9-19(16-32)29-23-28-11-10-20(30-23)22-21(31-24-33(22)13-14-36-24)17-7-5-8-18(15-17)27-4;1-18-13-6-4-5-12(11-13)15-16(14(22)7-8-20(2)3)21-9-10-23-17(21)19-15;1-11(2,3)17-10(16)15-6-4-5-8(7-15)14-9(12)13;/h5,7-8,10-11,13-15,19H,6,9,12,16H2,1-3H3,(H,28,29,30);4-11H,2-3H3;8H,4-7H2,1-3H3,(H4,12,13,14);1H/t19-;;8-;/m1.1./s1. The number of nitrogens with one attached hydrogen (secondary N) is 2. The molecule has 20 nitrogen and oxygen atoms in total. The highest BCUT2D eigenvalue weighted by molar-refractivity contribution is 7.15. The van der Waals surface area contributed by atoms with Crippen molar-refractivity contribution < 1.29 is 41.3 Å².